The zero-order chi connectivity index (χ0) is 32.4. The van der Waals surface area contributed by atoms with Crippen LogP contribution >= 0.6 is 11.3 Å². The van der Waals surface area contributed by atoms with Crippen molar-refractivity contribution in [3.05, 3.63) is 58.1 Å². The predicted octanol–water partition coefficient (Wildman–Crippen LogP) is 2.53. The number of benzene rings is 1. The molecule has 4 heterocycles. The third-order valence-corrected chi connectivity index (χ3v) is 8.68. The molecule has 0 spiro atoms. The first-order valence-corrected chi connectivity index (χ1v) is 15.5. The lowest BCUT2D eigenvalue weighted by Crippen LogP contribution is -2.54. The summed E-state index contributed by atoms with van der Waals surface area (Å²) in [5.74, 6) is 4.00. The molecule has 2 aliphatic heterocycles. The van der Waals surface area contributed by atoms with Crippen molar-refractivity contribution in [2.75, 3.05) is 19.0 Å². The maximum Gasteiger partial charge on any atom is 0.266 e. The number of piperidine rings is 1. The standard InChI is InChI=1S/C32H28N6O7S/c1-33-28(42)25-29(37-30(46-25)19-12-13-34-23(16-19)35-26(40)18-7-8-18)45-14-4-2-3-5-17-6-9-20-21(15-17)32(44)38(31(20)43)22-10-11-24(39)36-27(22)41/h6,9,12-13,15-16,18,22H,2,4,7-8,10-11,14H2,1H3,(H,33,42)(H,34,35,40)(H,36,39,41). The second kappa shape index (κ2) is 12.9. The average molecular weight is 641 g/mol. The van der Waals surface area contributed by atoms with Gasteiger partial charge in [0.15, 0.2) is 4.88 Å². The fraction of sp³-hybridized carbons (Fsp3) is 0.312. The van der Waals surface area contributed by atoms with E-state index in [2.05, 4.69) is 37.8 Å². The summed E-state index contributed by atoms with van der Waals surface area (Å²) in [6.45, 7) is 0.235. The van der Waals surface area contributed by atoms with Crippen molar-refractivity contribution in [3.63, 3.8) is 0 Å². The fourth-order valence-corrected chi connectivity index (χ4v) is 5.99. The van der Waals surface area contributed by atoms with Crippen molar-refractivity contribution >= 4 is 52.6 Å². The van der Waals surface area contributed by atoms with Gasteiger partial charge in [0.25, 0.3) is 17.7 Å². The number of nitrogens with zero attached hydrogens (tertiary/aromatic N) is 3. The van der Waals surface area contributed by atoms with E-state index in [1.165, 1.54) is 30.5 Å². The molecule has 46 heavy (non-hydrogen) atoms. The van der Waals surface area contributed by atoms with Gasteiger partial charge in [0.05, 0.1) is 17.7 Å². The van der Waals surface area contributed by atoms with Crippen molar-refractivity contribution in [1.29, 1.82) is 0 Å². The van der Waals surface area contributed by atoms with E-state index in [0.29, 0.717) is 39.7 Å². The van der Waals surface area contributed by atoms with Crippen LogP contribution in [0.3, 0.4) is 0 Å². The molecule has 1 unspecified atom stereocenters. The number of imide groups is 2. The summed E-state index contributed by atoms with van der Waals surface area (Å²) >= 11 is 1.17. The van der Waals surface area contributed by atoms with Crippen LogP contribution in [-0.2, 0) is 14.4 Å². The molecular weight excluding hydrogens is 612 g/mol. The Kier molecular flexibility index (Phi) is 8.58. The summed E-state index contributed by atoms with van der Waals surface area (Å²) in [7, 11) is 1.52. The second-order valence-electron chi connectivity index (χ2n) is 10.9. The molecule has 234 valence electrons. The number of thiazole rings is 1. The van der Waals surface area contributed by atoms with Crippen molar-refractivity contribution in [3.8, 4) is 28.3 Å². The average Bonchev–Trinajstić information content (AvgIpc) is 3.77. The Morgan fingerprint density at radius 3 is 2.65 bits per heavy atom. The molecule has 1 aliphatic carbocycles. The molecule has 3 aliphatic rings. The molecule has 3 N–H and O–H groups in total. The van der Waals surface area contributed by atoms with Gasteiger partial charge in [-0.2, -0.15) is 0 Å². The predicted molar refractivity (Wildman–Crippen MR) is 165 cm³/mol. The minimum Gasteiger partial charge on any atom is -0.476 e. The minimum atomic E-state index is -1.03. The van der Waals surface area contributed by atoms with Crippen LogP contribution in [0, 0.1) is 17.8 Å². The molecule has 1 atom stereocenters. The van der Waals surface area contributed by atoms with Gasteiger partial charge in [-0.15, -0.1) is 11.3 Å². The van der Waals surface area contributed by atoms with Gasteiger partial charge in [-0.1, -0.05) is 11.8 Å². The Hall–Kier alpha value is -5.42. The lowest BCUT2D eigenvalue weighted by molar-refractivity contribution is -0.136. The van der Waals surface area contributed by atoms with Gasteiger partial charge in [0.1, 0.15) is 16.9 Å². The van der Waals surface area contributed by atoms with Gasteiger partial charge < -0.3 is 15.4 Å². The van der Waals surface area contributed by atoms with Crippen molar-refractivity contribution in [2.45, 2.75) is 44.6 Å². The highest BCUT2D eigenvalue weighted by molar-refractivity contribution is 7.17. The molecule has 1 saturated carbocycles. The van der Waals surface area contributed by atoms with Gasteiger partial charge in [-0.25, -0.2) is 9.97 Å². The van der Waals surface area contributed by atoms with Gasteiger partial charge in [0.2, 0.25) is 23.6 Å². The van der Waals surface area contributed by atoms with Crippen molar-refractivity contribution in [2.24, 2.45) is 5.92 Å². The van der Waals surface area contributed by atoms with E-state index in [1.54, 1.807) is 24.4 Å². The summed E-state index contributed by atoms with van der Waals surface area (Å²) in [5, 5.41) is 8.13. The maximum absolute atomic E-state index is 13.0. The highest BCUT2D eigenvalue weighted by atomic mass is 32.1. The van der Waals surface area contributed by atoms with Crippen LogP contribution in [-0.4, -0.2) is 70.0 Å². The number of nitrogens with one attached hydrogen (secondary N) is 3. The monoisotopic (exact) mass is 640 g/mol. The normalized spacial score (nSPS) is 17.2. The summed E-state index contributed by atoms with van der Waals surface area (Å²) < 4.78 is 5.86. The number of aromatic nitrogens is 2. The van der Waals surface area contributed by atoms with E-state index in [0.717, 1.165) is 17.7 Å². The maximum atomic E-state index is 13.0. The number of hydrogen-bond donors (Lipinski definition) is 3. The number of anilines is 1. The topological polar surface area (TPSA) is 177 Å². The smallest absolute Gasteiger partial charge is 0.266 e. The van der Waals surface area contributed by atoms with Crippen LogP contribution in [0.1, 0.15) is 74.5 Å². The molecule has 0 bridgehead atoms. The van der Waals surface area contributed by atoms with Crippen LogP contribution in [0.15, 0.2) is 36.5 Å². The number of rotatable bonds is 9. The second-order valence-corrected chi connectivity index (χ2v) is 11.9. The number of pyridine rings is 1. The first-order chi connectivity index (χ1) is 22.2. The number of ether oxygens (including phenoxy) is 1. The van der Waals surface area contributed by atoms with Crippen LogP contribution in [0.5, 0.6) is 5.88 Å². The Morgan fingerprint density at radius 1 is 1.09 bits per heavy atom. The third kappa shape index (κ3) is 6.36. The lowest BCUT2D eigenvalue weighted by Gasteiger charge is -2.27. The Morgan fingerprint density at radius 2 is 1.89 bits per heavy atom. The molecule has 0 radical (unpaired) electrons. The Balaban J connectivity index is 1.06. The van der Waals surface area contributed by atoms with E-state index in [-0.39, 0.29) is 54.2 Å². The molecule has 13 nitrogen and oxygen atoms in total. The Labute approximate surface area is 267 Å². The first kappa shape index (κ1) is 30.6. The Bertz CT molecular complexity index is 1850. The highest BCUT2D eigenvalue weighted by Gasteiger charge is 2.44. The number of fused-ring (bicyclic) bond motifs is 1. The largest absolute Gasteiger partial charge is 0.476 e. The first-order valence-electron chi connectivity index (χ1n) is 14.7. The fourth-order valence-electron chi connectivity index (χ4n) is 5.03. The number of amides is 6. The number of hydrogen-bond acceptors (Lipinski definition) is 10. The number of unbranched alkanes of at least 4 members (excludes halogenated alkanes) is 1. The van der Waals surface area contributed by atoms with E-state index in [9.17, 15) is 28.8 Å². The molecule has 6 rings (SSSR count). The highest BCUT2D eigenvalue weighted by Crippen LogP contribution is 2.34. The quantitative estimate of drug-likeness (QED) is 0.180. The summed E-state index contributed by atoms with van der Waals surface area (Å²) in [5.41, 5.74) is 1.57. The molecule has 2 fully saturated rings. The number of carbonyl (C=O) groups excluding carboxylic acids is 6. The van der Waals surface area contributed by atoms with Gasteiger partial charge in [0, 0.05) is 43.1 Å². The van der Waals surface area contributed by atoms with Crippen molar-refractivity contribution < 1.29 is 33.5 Å². The summed E-state index contributed by atoms with van der Waals surface area (Å²) in [6.07, 6.45) is 4.42. The SMILES string of the molecule is CNC(=O)c1sc(-c2ccnc(NC(=O)C3CC3)c2)nc1OCCCC#Cc1ccc2c(c1)C(=O)N(C1CCC(=O)NC1=O)C2=O. The van der Waals surface area contributed by atoms with E-state index in [4.69, 9.17) is 4.74 Å². The molecular formula is C32H28N6O7S. The van der Waals surface area contributed by atoms with E-state index >= 15 is 0 Å². The lowest BCUT2D eigenvalue weighted by atomic mass is 10.0. The van der Waals surface area contributed by atoms with Crippen LogP contribution in [0.4, 0.5) is 5.82 Å². The van der Waals surface area contributed by atoms with Gasteiger partial charge in [-0.05, 0) is 56.0 Å². The number of carbonyl (C=O) groups is 6. The third-order valence-electron chi connectivity index (χ3n) is 7.59. The van der Waals surface area contributed by atoms with E-state index < -0.39 is 29.7 Å². The summed E-state index contributed by atoms with van der Waals surface area (Å²) in [4.78, 5) is 84.3. The van der Waals surface area contributed by atoms with E-state index in [1.807, 2.05) is 0 Å². The minimum absolute atomic E-state index is 0.0379. The van der Waals surface area contributed by atoms with Crippen LogP contribution in [0.2, 0.25) is 0 Å². The zero-order valence-electron chi connectivity index (χ0n) is 24.7. The summed E-state index contributed by atoms with van der Waals surface area (Å²) in [6, 6.07) is 7.10. The van der Waals surface area contributed by atoms with Gasteiger partial charge >= 0.3 is 0 Å². The molecule has 2 aromatic heterocycles. The molecule has 6 amide bonds. The molecule has 14 heteroatoms. The molecule has 1 aromatic carbocycles. The molecule has 1 saturated heterocycles. The van der Waals surface area contributed by atoms with Crippen molar-refractivity contribution in [1.82, 2.24) is 25.5 Å². The molecule has 3 aromatic rings. The van der Waals surface area contributed by atoms with Gasteiger partial charge in [-0.3, -0.25) is 39.0 Å². The zero-order valence-corrected chi connectivity index (χ0v) is 25.5. The van der Waals surface area contributed by atoms with Crippen LogP contribution < -0.4 is 20.7 Å². The van der Waals surface area contributed by atoms with Crippen LogP contribution in [0.25, 0.3) is 10.6 Å².